The van der Waals surface area contributed by atoms with Gasteiger partial charge in [0.25, 0.3) is 0 Å². The Labute approximate surface area is 193 Å². The lowest BCUT2D eigenvalue weighted by atomic mass is 9.85. The van der Waals surface area contributed by atoms with Crippen molar-refractivity contribution >= 4 is 18.0 Å². The van der Waals surface area contributed by atoms with Crippen LogP contribution in [0, 0.1) is 5.92 Å². The van der Waals surface area contributed by atoms with Crippen LogP contribution in [0.15, 0.2) is 48.5 Å². The second kappa shape index (κ2) is 9.25. The van der Waals surface area contributed by atoms with Crippen molar-refractivity contribution in [1.82, 2.24) is 10.6 Å². The minimum Gasteiger partial charge on any atom is -0.480 e. The number of nitrogens with one attached hydrogen (secondary N) is 2. The fourth-order valence-electron chi connectivity index (χ4n) is 4.77. The Morgan fingerprint density at radius 3 is 2.03 bits per heavy atom. The minimum atomic E-state index is -1.30. The largest absolute Gasteiger partial charge is 0.480 e. The van der Waals surface area contributed by atoms with Crippen LogP contribution in [-0.2, 0) is 14.3 Å². The first-order valence-electron chi connectivity index (χ1n) is 11.4. The molecule has 7 nitrogen and oxygen atoms in total. The first-order valence-corrected chi connectivity index (χ1v) is 11.4. The fourth-order valence-corrected chi connectivity index (χ4v) is 4.77. The lowest BCUT2D eigenvalue weighted by Crippen LogP contribution is -2.52. The van der Waals surface area contributed by atoms with E-state index in [2.05, 4.69) is 34.9 Å². The second-order valence-electron chi connectivity index (χ2n) is 9.44. The molecule has 0 aromatic heterocycles. The molecule has 33 heavy (non-hydrogen) atoms. The standard InChI is InChI=1S/C26H30N2O5/c1-26(2,24(30)31)28-23(29)16-11-13-17(14-12-16)27-25(32)33-15-22-20-9-5-3-7-18(20)19-8-4-6-10-21(19)22/h3-10,16-17,22H,11-15H2,1-2H3,(H,27,32)(H,28,29)(H,30,31). The number of carbonyl (C=O) groups excluding carboxylic acids is 2. The van der Waals surface area contributed by atoms with Gasteiger partial charge in [-0.15, -0.1) is 0 Å². The van der Waals surface area contributed by atoms with Crippen LogP contribution in [0.4, 0.5) is 4.79 Å². The van der Waals surface area contributed by atoms with Gasteiger partial charge in [-0.25, -0.2) is 9.59 Å². The van der Waals surface area contributed by atoms with Crippen LogP contribution in [0.5, 0.6) is 0 Å². The SMILES string of the molecule is CC(C)(NC(=O)C1CCC(NC(=O)OCC2c3ccccc3-c3ccccc32)CC1)C(=O)O. The van der Waals surface area contributed by atoms with Crippen molar-refractivity contribution in [2.75, 3.05) is 6.61 Å². The van der Waals surface area contributed by atoms with Gasteiger partial charge in [-0.3, -0.25) is 4.79 Å². The predicted octanol–water partition coefficient (Wildman–Crippen LogP) is 4.06. The summed E-state index contributed by atoms with van der Waals surface area (Å²) in [6.07, 6.45) is 2.04. The summed E-state index contributed by atoms with van der Waals surface area (Å²) in [6.45, 7) is 3.21. The zero-order chi connectivity index (χ0) is 23.6. The van der Waals surface area contributed by atoms with Crippen LogP contribution in [0.1, 0.15) is 56.6 Å². The third-order valence-corrected chi connectivity index (χ3v) is 6.73. The molecule has 0 saturated heterocycles. The molecule has 2 aromatic rings. The molecule has 0 unspecified atom stereocenters. The molecule has 4 rings (SSSR count). The van der Waals surface area contributed by atoms with Crippen LogP contribution in [-0.4, -0.2) is 41.3 Å². The van der Waals surface area contributed by atoms with Gasteiger partial charge in [-0.2, -0.15) is 0 Å². The topological polar surface area (TPSA) is 105 Å². The summed E-state index contributed by atoms with van der Waals surface area (Å²) in [4.78, 5) is 36.1. The number of amides is 2. The molecule has 1 fully saturated rings. The summed E-state index contributed by atoms with van der Waals surface area (Å²) in [5.74, 6) is -1.55. The van der Waals surface area contributed by atoms with Crippen LogP contribution in [0.25, 0.3) is 11.1 Å². The van der Waals surface area contributed by atoms with Crippen molar-refractivity contribution in [3.8, 4) is 11.1 Å². The van der Waals surface area contributed by atoms with E-state index in [1.165, 1.54) is 36.1 Å². The summed E-state index contributed by atoms with van der Waals surface area (Å²) in [5, 5.41) is 14.7. The number of ether oxygens (including phenoxy) is 1. The molecule has 2 aliphatic carbocycles. The average molecular weight is 451 g/mol. The van der Waals surface area contributed by atoms with Crippen molar-refractivity contribution < 1.29 is 24.2 Å². The maximum atomic E-state index is 12.5. The van der Waals surface area contributed by atoms with E-state index in [-0.39, 0.29) is 30.4 Å². The number of alkyl carbamates (subject to hydrolysis) is 1. The van der Waals surface area contributed by atoms with Gasteiger partial charge >= 0.3 is 12.1 Å². The Balaban J connectivity index is 1.27. The Kier molecular flexibility index (Phi) is 6.40. The van der Waals surface area contributed by atoms with Crippen LogP contribution < -0.4 is 10.6 Å². The van der Waals surface area contributed by atoms with E-state index >= 15 is 0 Å². The molecule has 1 saturated carbocycles. The predicted molar refractivity (Wildman–Crippen MR) is 124 cm³/mol. The maximum Gasteiger partial charge on any atom is 0.407 e. The van der Waals surface area contributed by atoms with Gasteiger partial charge in [-0.1, -0.05) is 48.5 Å². The monoisotopic (exact) mass is 450 g/mol. The Hall–Kier alpha value is -3.35. The van der Waals surface area contributed by atoms with Crippen molar-refractivity contribution in [3.05, 3.63) is 59.7 Å². The number of hydrogen-bond donors (Lipinski definition) is 3. The lowest BCUT2D eigenvalue weighted by molar-refractivity contribution is -0.146. The van der Waals surface area contributed by atoms with Gasteiger partial charge in [0, 0.05) is 17.9 Å². The lowest BCUT2D eigenvalue weighted by Gasteiger charge is -2.30. The second-order valence-corrected chi connectivity index (χ2v) is 9.44. The third-order valence-electron chi connectivity index (χ3n) is 6.73. The van der Waals surface area contributed by atoms with Crippen LogP contribution in [0.3, 0.4) is 0 Å². The van der Waals surface area contributed by atoms with Crippen molar-refractivity contribution in [3.63, 3.8) is 0 Å². The van der Waals surface area contributed by atoms with E-state index in [1.54, 1.807) is 0 Å². The van der Waals surface area contributed by atoms with Gasteiger partial charge in [-0.05, 0) is 61.8 Å². The van der Waals surface area contributed by atoms with Gasteiger partial charge in [0.1, 0.15) is 12.1 Å². The summed E-state index contributed by atoms with van der Waals surface area (Å²) >= 11 is 0. The van der Waals surface area contributed by atoms with Crippen LogP contribution >= 0.6 is 0 Å². The van der Waals surface area contributed by atoms with Gasteiger partial charge < -0.3 is 20.5 Å². The number of hydrogen-bond acceptors (Lipinski definition) is 4. The molecular weight excluding hydrogens is 420 g/mol. The molecule has 0 atom stereocenters. The van der Waals surface area contributed by atoms with Gasteiger partial charge in [0.2, 0.25) is 5.91 Å². The van der Waals surface area contributed by atoms with Crippen molar-refractivity contribution in [2.24, 2.45) is 5.92 Å². The number of fused-ring (bicyclic) bond motifs is 3. The first kappa shape index (κ1) is 22.8. The number of aliphatic carboxylic acids is 1. The molecule has 0 bridgehead atoms. The van der Waals surface area contributed by atoms with E-state index in [1.807, 2.05) is 24.3 Å². The normalized spacial score (nSPS) is 19.8. The molecule has 0 radical (unpaired) electrons. The zero-order valence-electron chi connectivity index (χ0n) is 19.0. The quantitative estimate of drug-likeness (QED) is 0.616. The minimum absolute atomic E-state index is 0.0140. The van der Waals surface area contributed by atoms with E-state index in [9.17, 15) is 19.5 Å². The Bertz CT molecular complexity index is 1010. The number of carboxylic acid groups (broad SMARTS) is 1. The molecular formula is C26H30N2O5. The highest BCUT2D eigenvalue weighted by molar-refractivity contribution is 5.87. The molecule has 2 amide bonds. The maximum absolute atomic E-state index is 12.5. The highest BCUT2D eigenvalue weighted by atomic mass is 16.5. The van der Waals surface area contributed by atoms with E-state index in [0.29, 0.717) is 25.7 Å². The van der Waals surface area contributed by atoms with Crippen LogP contribution in [0.2, 0.25) is 0 Å². The number of benzene rings is 2. The molecule has 3 N–H and O–H groups in total. The molecule has 2 aliphatic rings. The number of carbonyl (C=O) groups is 3. The Morgan fingerprint density at radius 1 is 0.939 bits per heavy atom. The summed E-state index contributed by atoms with van der Waals surface area (Å²) in [6, 6.07) is 16.3. The molecule has 174 valence electrons. The average Bonchev–Trinajstić information content (AvgIpc) is 3.11. The van der Waals surface area contributed by atoms with Crippen molar-refractivity contribution in [2.45, 2.75) is 57.0 Å². The van der Waals surface area contributed by atoms with E-state index < -0.39 is 17.6 Å². The highest BCUT2D eigenvalue weighted by Crippen LogP contribution is 2.44. The zero-order valence-corrected chi connectivity index (χ0v) is 19.0. The first-order chi connectivity index (χ1) is 15.8. The smallest absolute Gasteiger partial charge is 0.407 e. The number of rotatable bonds is 6. The highest BCUT2D eigenvalue weighted by Gasteiger charge is 2.34. The van der Waals surface area contributed by atoms with Crippen molar-refractivity contribution in [1.29, 1.82) is 0 Å². The van der Waals surface area contributed by atoms with E-state index in [0.717, 1.165) is 0 Å². The summed E-state index contributed by atoms with van der Waals surface area (Å²) in [5.41, 5.74) is 3.41. The van der Waals surface area contributed by atoms with Gasteiger partial charge in [0.05, 0.1) is 0 Å². The summed E-state index contributed by atoms with van der Waals surface area (Å²) in [7, 11) is 0. The van der Waals surface area contributed by atoms with E-state index in [4.69, 9.17) is 4.74 Å². The molecule has 0 spiro atoms. The molecule has 2 aromatic carbocycles. The molecule has 0 heterocycles. The number of carboxylic acids is 1. The fraction of sp³-hybridized carbons (Fsp3) is 0.423. The molecule has 0 aliphatic heterocycles. The van der Waals surface area contributed by atoms with Gasteiger partial charge in [0.15, 0.2) is 0 Å². The molecule has 7 heteroatoms. The third kappa shape index (κ3) is 4.87. The summed E-state index contributed by atoms with van der Waals surface area (Å²) < 4.78 is 5.61. The Morgan fingerprint density at radius 2 is 1.48 bits per heavy atom.